The number of nitrogens with zero attached hydrogens (tertiary/aromatic N) is 3. The van der Waals surface area contributed by atoms with E-state index in [9.17, 15) is 9.59 Å². The summed E-state index contributed by atoms with van der Waals surface area (Å²) in [6.45, 7) is 0.773. The number of hydrogen-bond acceptors (Lipinski definition) is 5. The van der Waals surface area contributed by atoms with E-state index in [1.165, 1.54) is 25.3 Å². The van der Waals surface area contributed by atoms with Crippen LogP contribution in [-0.2, 0) is 12.4 Å². The van der Waals surface area contributed by atoms with E-state index in [1.807, 2.05) is 58.1 Å². The average Bonchev–Trinajstić information content (AvgIpc) is 3.59. The molecule has 2 aliphatic carbocycles. The largest absolute Gasteiger partial charge is 0.482 e. The minimum Gasteiger partial charge on any atom is -0.482 e. The molecule has 9 rings (SSSR count). The molecule has 1 aromatic heterocycles. The van der Waals surface area contributed by atoms with Crippen LogP contribution in [-0.4, -0.2) is 28.2 Å². The summed E-state index contributed by atoms with van der Waals surface area (Å²) in [4.78, 5) is 31.3. The van der Waals surface area contributed by atoms with Crippen LogP contribution in [0, 0.1) is 23.1 Å². The molecule has 3 aliphatic heterocycles. The molecule has 45 heavy (non-hydrogen) atoms. The first-order valence-corrected chi connectivity index (χ1v) is 17.0. The Kier molecular flexibility index (Phi) is 6.21. The van der Waals surface area contributed by atoms with Crippen LogP contribution >= 0.6 is 11.8 Å². The van der Waals surface area contributed by atoms with E-state index < -0.39 is 6.04 Å². The lowest BCUT2D eigenvalue weighted by atomic mass is 9.67. The Morgan fingerprint density at radius 3 is 2.67 bits per heavy atom. The molecule has 2 saturated carbocycles. The molecule has 1 amide bonds. The molecule has 4 aromatic rings. The van der Waals surface area contributed by atoms with Crippen LogP contribution in [0.5, 0.6) is 5.75 Å². The summed E-state index contributed by atoms with van der Waals surface area (Å²) in [5.41, 5.74) is 3.59. The fourth-order valence-corrected chi connectivity index (χ4v) is 10.3. The second-order valence-corrected chi connectivity index (χ2v) is 14.4. The van der Waals surface area contributed by atoms with Gasteiger partial charge in [0.2, 0.25) is 5.43 Å². The van der Waals surface area contributed by atoms with Crippen molar-refractivity contribution >= 4 is 17.7 Å². The van der Waals surface area contributed by atoms with Crippen LogP contribution in [0.1, 0.15) is 70.9 Å². The lowest BCUT2D eigenvalue weighted by Crippen LogP contribution is -2.69. The number of fused-ring (bicyclic) bond motifs is 6. The molecule has 5 atom stereocenters. The Hall–Kier alpha value is -4.04. The van der Waals surface area contributed by atoms with E-state index in [0.717, 1.165) is 34.4 Å². The molecule has 0 N–H and O–H groups in total. The lowest BCUT2D eigenvalue weighted by molar-refractivity contribution is -0.0218. The first-order chi connectivity index (χ1) is 22.0. The zero-order valence-corrected chi connectivity index (χ0v) is 25.7. The second kappa shape index (κ2) is 10.2. The maximum atomic E-state index is 16.3. The molecular formula is C37H34FN3O3S. The van der Waals surface area contributed by atoms with Gasteiger partial charge in [0, 0.05) is 40.9 Å². The number of piperidine rings is 1. The highest BCUT2D eigenvalue weighted by Crippen LogP contribution is 2.64. The maximum Gasteiger partial charge on any atom is 0.278 e. The number of rotatable bonds is 4. The molecule has 5 aliphatic rings. The number of ether oxygens (including phenoxy) is 1. The monoisotopic (exact) mass is 619 g/mol. The van der Waals surface area contributed by atoms with E-state index in [4.69, 9.17) is 4.74 Å². The van der Waals surface area contributed by atoms with Crippen LogP contribution in [0.2, 0.25) is 0 Å². The lowest BCUT2D eigenvalue weighted by Gasteiger charge is -2.58. The van der Waals surface area contributed by atoms with E-state index in [1.54, 1.807) is 30.1 Å². The molecule has 3 fully saturated rings. The smallest absolute Gasteiger partial charge is 0.278 e. The molecule has 8 heteroatoms. The van der Waals surface area contributed by atoms with Crippen molar-refractivity contribution < 1.29 is 13.9 Å². The van der Waals surface area contributed by atoms with Crippen molar-refractivity contribution in [2.24, 2.45) is 17.3 Å². The fraction of sp³-hybridized carbons (Fsp3) is 0.351. The topological polar surface area (TPSA) is 54.8 Å². The predicted molar refractivity (Wildman–Crippen MR) is 171 cm³/mol. The predicted octanol–water partition coefficient (Wildman–Crippen LogP) is 6.89. The summed E-state index contributed by atoms with van der Waals surface area (Å²) >= 11 is 1.72. The molecule has 1 spiro atoms. The molecule has 1 saturated heterocycles. The van der Waals surface area contributed by atoms with E-state index in [-0.39, 0.29) is 52.7 Å². The number of halogens is 1. The van der Waals surface area contributed by atoms with Gasteiger partial charge in [-0.1, -0.05) is 60.7 Å². The minimum absolute atomic E-state index is 0.0491. The molecular weight excluding hydrogens is 585 g/mol. The maximum absolute atomic E-state index is 16.3. The summed E-state index contributed by atoms with van der Waals surface area (Å²) in [7, 11) is 0. The number of thioether (sulfide) groups is 1. The van der Waals surface area contributed by atoms with Gasteiger partial charge in [-0.2, -0.15) is 0 Å². The number of carbonyl (C=O) groups excluding carboxylic acids is 1. The SMILES string of the molecule is O=C1c2c(OCc3ccccc3)c(=O)ccn2N(C2c3ccccc3SCc3cccc(F)c32)[C@@H]2[C@H]3C[C@@H]4CC[C@@]3(CCN12)C4. The third kappa shape index (κ3) is 4.07. The summed E-state index contributed by atoms with van der Waals surface area (Å²) in [5.74, 6) is 1.19. The Morgan fingerprint density at radius 2 is 1.80 bits per heavy atom. The minimum atomic E-state index is -0.509. The van der Waals surface area contributed by atoms with Crippen molar-refractivity contribution in [3.05, 3.63) is 129 Å². The van der Waals surface area contributed by atoms with Gasteiger partial charge in [-0.3, -0.25) is 19.3 Å². The van der Waals surface area contributed by atoms with Gasteiger partial charge in [0.25, 0.3) is 5.91 Å². The molecule has 6 nitrogen and oxygen atoms in total. The second-order valence-electron chi connectivity index (χ2n) is 13.4. The van der Waals surface area contributed by atoms with Gasteiger partial charge in [-0.05, 0) is 72.3 Å². The molecule has 0 radical (unpaired) electrons. The summed E-state index contributed by atoms with van der Waals surface area (Å²) in [5, 5.41) is 2.25. The molecule has 4 heterocycles. The number of benzene rings is 3. The van der Waals surface area contributed by atoms with Crippen molar-refractivity contribution in [1.82, 2.24) is 9.58 Å². The number of hydrogen-bond donors (Lipinski definition) is 0. The number of carbonyl (C=O) groups is 1. The highest BCUT2D eigenvalue weighted by molar-refractivity contribution is 7.98. The number of amides is 1. The van der Waals surface area contributed by atoms with Gasteiger partial charge < -0.3 is 9.64 Å². The quantitative estimate of drug-likeness (QED) is 0.249. The van der Waals surface area contributed by atoms with Crippen LogP contribution in [0.3, 0.4) is 0 Å². The van der Waals surface area contributed by atoms with Crippen molar-refractivity contribution in [1.29, 1.82) is 0 Å². The highest BCUT2D eigenvalue weighted by atomic mass is 32.2. The van der Waals surface area contributed by atoms with Crippen molar-refractivity contribution in [2.75, 3.05) is 11.6 Å². The Bertz CT molecular complexity index is 1900. The van der Waals surface area contributed by atoms with Gasteiger partial charge in [0.1, 0.15) is 24.6 Å². The van der Waals surface area contributed by atoms with Crippen molar-refractivity contribution in [2.45, 2.75) is 61.6 Å². The van der Waals surface area contributed by atoms with Crippen LogP contribution in [0.15, 0.2) is 94.7 Å². The van der Waals surface area contributed by atoms with Gasteiger partial charge in [-0.25, -0.2) is 4.39 Å². The Morgan fingerprint density at radius 1 is 0.956 bits per heavy atom. The summed E-state index contributed by atoms with van der Waals surface area (Å²) in [6, 6.07) is 24.3. The Balaban J connectivity index is 1.29. The zero-order valence-electron chi connectivity index (χ0n) is 24.9. The van der Waals surface area contributed by atoms with E-state index >= 15 is 4.39 Å². The van der Waals surface area contributed by atoms with Crippen LogP contribution in [0.4, 0.5) is 4.39 Å². The molecule has 1 unspecified atom stereocenters. The van der Waals surface area contributed by atoms with Gasteiger partial charge >= 0.3 is 0 Å². The first kappa shape index (κ1) is 27.3. The standard InChI is InChI=1S/C37H34FN3O3S/c38-28-11-6-9-25-22-45-30-12-5-4-10-26(30)32(31(25)28)41-35-27-19-24-13-15-37(27,20-24)16-18-39(35)36(43)33-34(29(42)14-17-40(33)41)44-21-23-7-2-1-3-8-23/h1-12,14,17,24,27,32,35H,13,15-16,18-22H2/t24-,27+,32?,35+,37+/m0/s1. The number of aromatic nitrogens is 1. The van der Waals surface area contributed by atoms with Gasteiger partial charge in [0.15, 0.2) is 11.4 Å². The normalized spacial score (nSPS) is 27.6. The zero-order chi connectivity index (χ0) is 30.3. The summed E-state index contributed by atoms with van der Waals surface area (Å²) in [6.07, 6.45) is 7.10. The van der Waals surface area contributed by atoms with Crippen molar-refractivity contribution in [3.8, 4) is 5.75 Å². The Labute approximate surface area is 265 Å². The first-order valence-electron chi connectivity index (χ1n) is 16.0. The fourth-order valence-electron chi connectivity index (χ4n) is 9.25. The third-order valence-corrected chi connectivity index (χ3v) is 12.3. The highest BCUT2D eigenvalue weighted by Gasteiger charge is 2.62. The van der Waals surface area contributed by atoms with E-state index in [2.05, 4.69) is 17.1 Å². The van der Waals surface area contributed by atoms with Crippen LogP contribution in [0.25, 0.3) is 0 Å². The van der Waals surface area contributed by atoms with Crippen LogP contribution < -0.4 is 15.2 Å². The average molecular weight is 620 g/mol. The molecule has 228 valence electrons. The third-order valence-electron chi connectivity index (χ3n) is 11.2. The van der Waals surface area contributed by atoms with Gasteiger partial charge in [0.05, 0.1) is 0 Å². The number of pyridine rings is 1. The summed E-state index contributed by atoms with van der Waals surface area (Å²) < 4.78 is 24.4. The van der Waals surface area contributed by atoms with Crippen molar-refractivity contribution in [3.63, 3.8) is 0 Å². The molecule has 3 aromatic carbocycles. The molecule has 2 bridgehead atoms. The van der Waals surface area contributed by atoms with E-state index in [0.29, 0.717) is 23.8 Å². The van der Waals surface area contributed by atoms with Gasteiger partial charge in [-0.15, -0.1) is 11.8 Å².